The largest absolute Gasteiger partial charge is 0.388 e. The summed E-state index contributed by atoms with van der Waals surface area (Å²) in [5, 5.41) is 12.7. The van der Waals surface area contributed by atoms with E-state index in [-0.39, 0.29) is 11.8 Å². The second-order valence-corrected chi connectivity index (χ2v) is 7.48. The molecule has 0 saturated carbocycles. The minimum absolute atomic E-state index is 0.00899. The lowest BCUT2D eigenvalue weighted by molar-refractivity contribution is -0.121. The smallest absolute Gasteiger partial charge is 0.232 e. The monoisotopic (exact) mass is 365 g/mol. The zero-order valence-corrected chi connectivity index (χ0v) is 15.6. The molecule has 2 N–H and O–H groups in total. The molecule has 1 amide bonds. The van der Waals surface area contributed by atoms with Crippen molar-refractivity contribution in [2.45, 2.75) is 25.4 Å². The quantitative estimate of drug-likeness (QED) is 0.656. The van der Waals surface area contributed by atoms with Gasteiger partial charge in [-0.1, -0.05) is 60.7 Å². The number of aliphatic hydroxyl groups excluding tert-OH is 1. The number of hydrogen-bond acceptors (Lipinski definition) is 3. The highest BCUT2D eigenvalue weighted by atomic mass is 32.1. The molecule has 1 heterocycles. The number of benzene rings is 2. The molecule has 1 atom stereocenters. The Morgan fingerprint density at radius 2 is 1.54 bits per heavy atom. The molecule has 0 spiro atoms. The van der Waals surface area contributed by atoms with E-state index >= 15 is 0 Å². The summed E-state index contributed by atoms with van der Waals surface area (Å²) < 4.78 is 0. The fourth-order valence-corrected chi connectivity index (χ4v) is 3.90. The Hall–Kier alpha value is -2.43. The number of carbonyl (C=O) groups is 1. The molecule has 3 nitrogen and oxygen atoms in total. The summed E-state index contributed by atoms with van der Waals surface area (Å²) in [7, 11) is 0. The van der Waals surface area contributed by atoms with E-state index in [0.717, 1.165) is 27.3 Å². The third kappa shape index (κ3) is 4.59. The van der Waals surface area contributed by atoms with E-state index in [1.807, 2.05) is 72.8 Å². The summed E-state index contributed by atoms with van der Waals surface area (Å²) in [4.78, 5) is 15.0. The normalized spacial score (nSPS) is 12.1. The summed E-state index contributed by atoms with van der Waals surface area (Å²) in [6, 6.07) is 23.7. The van der Waals surface area contributed by atoms with E-state index in [0.29, 0.717) is 6.54 Å². The van der Waals surface area contributed by atoms with Crippen molar-refractivity contribution in [3.8, 4) is 0 Å². The van der Waals surface area contributed by atoms with E-state index in [2.05, 4.69) is 5.32 Å². The van der Waals surface area contributed by atoms with Crippen LogP contribution in [0.1, 0.15) is 39.8 Å². The minimum Gasteiger partial charge on any atom is -0.388 e. The van der Waals surface area contributed by atoms with E-state index < -0.39 is 6.10 Å². The van der Waals surface area contributed by atoms with Gasteiger partial charge in [0.05, 0.1) is 12.0 Å². The number of amides is 1. The van der Waals surface area contributed by atoms with Gasteiger partial charge in [-0.25, -0.2) is 0 Å². The van der Waals surface area contributed by atoms with Gasteiger partial charge in [0.2, 0.25) is 5.91 Å². The van der Waals surface area contributed by atoms with Crippen LogP contribution in [0.15, 0.2) is 72.8 Å². The number of aliphatic hydroxyl groups is 1. The lowest BCUT2D eigenvalue weighted by Crippen LogP contribution is -2.31. The molecule has 2 aromatic carbocycles. The maximum absolute atomic E-state index is 12.9. The van der Waals surface area contributed by atoms with Crippen LogP contribution in [0.2, 0.25) is 0 Å². The van der Waals surface area contributed by atoms with Gasteiger partial charge in [0.15, 0.2) is 0 Å². The van der Waals surface area contributed by atoms with Crippen LogP contribution >= 0.6 is 11.3 Å². The molecule has 3 rings (SSSR count). The third-order valence-corrected chi connectivity index (χ3v) is 5.61. The highest BCUT2D eigenvalue weighted by Crippen LogP contribution is 2.25. The zero-order valence-electron chi connectivity index (χ0n) is 14.8. The lowest BCUT2D eigenvalue weighted by atomic mass is 9.90. The molecular formula is C22H23NO2S. The van der Waals surface area contributed by atoms with E-state index in [9.17, 15) is 9.90 Å². The summed E-state index contributed by atoms with van der Waals surface area (Å²) >= 11 is 1.59. The molecule has 4 heteroatoms. The predicted molar refractivity (Wildman–Crippen MR) is 106 cm³/mol. The SMILES string of the molecule is C[C@H](O)c1ccc(CCNC(=O)C(c2ccccc2)c2ccccc2)s1. The maximum atomic E-state index is 12.9. The Morgan fingerprint density at radius 3 is 2.04 bits per heavy atom. The highest BCUT2D eigenvalue weighted by Gasteiger charge is 2.22. The molecule has 134 valence electrons. The minimum atomic E-state index is -0.441. The Labute approximate surface area is 158 Å². The van der Waals surface area contributed by atoms with Crippen molar-refractivity contribution in [2.24, 2.45) is 0 Å². The summed E-state index contributed by atoms with van der Waals surface area (Å²) in [5.74, 6) is -0.302. The van der Waals surface area contributed by atoms with Crippen LogP contribution in [-0.2, 0) is 11.2 Å². The summed E-state index contributed by atoms with van der Waals surface area (Å²) in [6.07, 6.45) is 0.322. The van der Waals surface area contributed by atoms with Gasteiger partial charge in [-0.15, -0.1) is 11.3 Å². The molecule has 3 aromatic rings. The van der Waals surface area contributed by atoms with E-state index in [4.69, 9.17) is 0 Å². The van der Waals surface area contributed by atoms with Gasteiger partial charge in [-0.05, 0) is 36.6 Å². The van der Waals surface area contributed by atoms with Crippen molar-refractivity contribution < 1.29 is 9.90 Å². The zero-order chi connectivity index (χ0) is 18.4. The Balaban J connectivity index is 1.68. The van der Waals surface area contributed by atoms with Gasteiger partial charge < -0.3 is 10.4 Å². The van der Waals surface area contributed by atoms with Crippen LogP contribution in [0.25, 0.3) is 0 Å². The summed E-state index contributed by atoms with van der Waals surface area (Å²) in [5.41, 5.74) is 1.98. The van der Waals surface area contributed by atoms with Gasteiger partial charge >= 0.3 is 0 Å². The second-order valence-electron chi connectivity index (χ2n) is 6.28. The molecule has 0 fully saturated rings. The van der Waals surface area contributed by atoms with Crippen molar-refractivity contribution in [2.75, 3.05) is 6.54 Å². The molecule has 0 radical (unpaired) electrons. The molecule has 0 unspecified atom stereocenters. The Kier molecular flexibility index (Phi) is 6.21. The highest BCUT2D eigenvalue weighted by molar-refractivity contribution is 7.12. The van der Waals surface area contributed by atoms with Gasteiger partial charge in [0.1, 0.15) is 0 Å². The average Bonchev–Trinajstić information content (AvgIpc) is 3.13. The van der Waals surface area contributed by atoms with Crippen LogP contribution in [0, 0.1) is 0 Å². The van der Waals surface area contributed by atoms with E-state index in [1.165, 1.54) is 0 Å². The van der Waals surface area contributed by atoms with Crippen molar-refractivity contribution >= 4 is 17.2 Å². The maximum Gasteiger partial charge on any atom is 0.232 e. The molecular weight excluding hydrogens is 342 g/mol. The van der Waals surface area contributed by atoms with Crippen LogP contribution in [0.3, 0.4) is 0 Å². The first kappa shape index (κ1) is 18.4. The van der Waals surface area contributed by atoms with Crippen LogP contribution in [-0.4, -0.2) is 17.6 Å². The number of hydrogen-bond donors (Lipinski definition) is 2. The van der Waals surface area contributed by atoms with Crippen molar-refractivity contribution in [3.63, 3.8) is 0 Å². The number of rotatable bonds is 7. The first-order chi connectivity index (χ1) is 12.6. The fraction of sp³-hybridized carbons (Fsp3) is 0.227. The Bertz CT molecular complexity index is 788. The molecule has 0 aliphatic heterocycles. The predicted octanol–water partition coefficient (Wildman–Crippen LogP) is 4.29. The van der Waals surface area contributed by atoms with E-state index in [1.54, 1.807) is 18.3 Å². The molecule has 0 aliphatic carbocycles. The molecule has 0 bridgehead atoms. The average molecular weight is 365 g/mol. The number of nitrogens with one attached hydrogen (secondary N) is 1. The second kappa shape index (κ2) is 8.79. The van der Waals surface area contributed by atoms with Crippen molar-refractivity contribution in [1.82, 2.24) is 5.32 Å². The van der Waals surface area contributed by atoms with Crippen molar-refractivity contribution in [1.29, 1.82) is 0 Å². The Morgan fingerprint density at radius 1 is 0.962 bits per heavy atom. The molecule has 26 heavy (non-hydrogen) atoms. The molecule has 0 aliphatic rings. The van der Waals surface area contributed by atoms with Gasteiger partial charge in [-0.2, -0.15) is 0 Å². The van der Waals surface area contributed by atoms with Crippen LogP contribution in [0.4, 0.5) is 0 Å². The first-order valence-electron chi connectivity index (χ1n) is 8.79. The van der Waals surface area contributed by atoms with Gasteiger partial charge in [-0.3, -0.25) is 4.79 Å². The van der Waals surface area contributed by atoms with Crippen molar-refractivity contribution in [3.05, 3.63) is 93.7 Å². The number of carbonyl (C=O) groups excluding carboxylic acids is 1. The molecule has 1 aromatic heterocycles. The van der Waals surface area contributed by atoms with Gasteiger partial charge in [0.25, 0.3) is 0 Å². The first-order valence-corrected chi connectivity index (χ1v) is 9.61. The summed E-state index contributed by atoms with van der Waals surface area (Å²) in [6.45, 7) is 2.34. The van der Waals surface area contributed by atoms with Gasteiger partial charge in [0, 0.05) is 16.3 Å². The standard InChI is InChI=1S/C22H23NO2S/c1-16(24)20-13-12-19(26-20)14-15-23-22(25)21(17-8-4-2-5-9-17)18-10-6-3-7-11-18/h2-13,16,21,24H,14-15H2,1H3,(H,23,25)/t16-/m0/s1. The number of thiophene rings is 1. The fourth-order valence-electron chi connectivity index (χ4n) is 2.95. The lowest BCUT2D eigenvalue weighted by Gasteiger charge is -2.17. The van der Waals surface area contributed by atoms with Crippen LogP contribution < -0.4 is 5.32 Å². The topological polar surface area (TPSA) is 49.3 Å². The molecule has 0 saturated heterocycles. The van der Waals surface area contributed by atoms with Crippen LogP contribution in [0.5, 0.6) is 0 Å². The third-order valence-electron chi connectivity index (χ3n) is 4.29.